The second-order valence-electron chi connectivity index (χ2n) is 5.58. The van der Waals surface area contributed by atoms with Crippen molar-refractivity contribution in [3.8, 4) is 0 Å². The lowest BCUT2D eigenvalue weighted by molar-refractivity contribution is -0.176. The quantitative estimate of drug-likeness (QED) is 0.730. The summed E-state index contributed by atoms with van der Waals surface area (Å²) in [4.78, 5) is 13.9. The van der Waals surface area contributed by atoms with Gasteiger partial charge < -0.3 is 14.4 Å². The van der Waals surface area contributed by atoms with E-state index in [9.17, 15) is 9.46 Å². The van der Waals surface area contributed by atoms with Crippen molar-refractivity contribution in [3.63, 3.8) is 0 Å². The molecule has 0 heterocycles. The maximum absolute atomic E-state index is 12.2. The van der Waals surface area contributed by atoms with E-state index in [1.54, 1.807) is 19.0 Å². The van der Waals surface area contributed by atoms with Crippen molar-refractivity contribution in [2.75, 3.05) is 32.7 Å². The maximum Gasteiger partial charge on any atom is 0.0386 e. The Morgan fingerprint density at radius 1 is 0.955 bits per heavy atom. The average Bonchev–Trinajstić information content (AvgIpc) is 2.48. The summed E-state index contributed by atoms with van der Waals surface area (Å²) < 4.78 is 12.2. The molecule has 0 amide bonds. The predicted octanol–water partition coefficient (Wildman–Crippen LogP) is 2.28. The van der Waals surface area contributed by atoms with Crippen LogP contribution in [0.4, 0.5) is 0 Å². The van der Waals surface area contributed by atoms with Crippen LogP contribution in [0.1, 0.15) is 0 Å². The summed E-state index contributed by atoms with van der Waals surface area (Å²) >= 11 is 0. The fourth-order valence-corrected chi connectivity index (χ4v) is 7.28. The SMILES string of the molecule is CN(C)CP(=O)([O-])CCP(c1ccccc1)c1ccccc1. The molecule has 0 radical (unpaired) electrons. The molecular weight excluding hydrogens is 312 g/mol. The number of benzene rings is 2. The van der Waals surface area contributed by atoms with Crippen molar-refractivity contribution in [3.05, 3.63) is 60.7 Å². The molecule has 2 aromatic rings. The van der Waals surface area contributed by atoms with Crippen LogP contribution in [-0.2, 0) is 4.57 Å². The molecule has 3 nitrogen and oxygen atoms in total. The minimum Gasteiger partial charge on any atom is -0.798 e. The van der Waals surface area contributed by atoms with Gasteiger partial charge in [0.2, 0.25) is 0 Å². The molecule has 0 N–H and O–H groups in total. The largest absolute Gasteiger partial charge is 0.798 e. The fourth-order valence-electron chi connectivity index (χ4n) is 2.38. The molecule has 2 rings (SSSR count). The Labute approximate surface area is 134 Å². The first-order valence-corrected chi connectivity index (χ1v) is 10.8. The van der Waals surface area contributed by atoms with Gasteiger partial charge in [0.05, 0.1) is 0 Å². The molecule has 2 aromatic carbocycles. The Balaban J connectivity index is 2.18. The van der Waals surface area contributed by atoms with Crippen LogP contribution in [0, 0.1) is 0 Å². The summed E-state index contributed by atoms with van der Waals surface area (Å²) in [6, 6.07) is 20.4. The molecule has 118 valence electrons. The van der Waals surface area contributed by atoms with Gasteiger partial charge in [0.1, 0.15) is 0 Å². The van der Waals surface area contributed by atoms with E-state index in [4.69, 9.17) is 0 Å². The van der Waals surface area contributed by atoms with Gasteiger partial charge in [0.25, 0.3) is 0 Å². The smallest absolute Gasteiger partial charge is 0.0386 e. The highest BCUT2D eigenvalue weighted by molar-refractivity contribution is 7.73. The summed E-state index contributed by atoms with van der Waals surface area (Å²) in [6.45, 7) is 0. The molecule has 0 aliphatic rings. The molecule has 0 bridgehead atoms. The Morgan fingerprint density at radius 2 is 1.41 bits per heavy atom. The summed E-state index contributed by atoms with van der Waals surface area (Å²) in [7, 11) is -0.395. The molecule has 1 unspecified atom stereocenters. The van der Waals surface area contributed by atoms with Gasteiger partial charge in [-0.05, 0) is 44.9 Å². The number of nitrogens with zero attached hydrogens (tertiary/aromatic N) is 1. The van der Waals surface area contributed by atoms with E-state index in [1.165, 1.54) is 10.6 Å². The zero-order chi connectivity index (χ0) is 16.0. The summed E-state index contributed by atoms with van der Waals surface area (Å²) in [6.07, 6.45) is 1.07. The highest BCUT2D eigenvalue weighted by atomic mass is 31.2. The molecule has 0 fully saturated rings. The lowest BCUT2D eigenvalue weighted by Gasteiger charge is -2.29. The molecule has 5 heteroatoms. The standard InChI is InChI=1S/C17H23NO2P2/c1-18(2)15-22(19,20)14-13-21(16-9-5-3-6-10-16)17-11-7-4-8-12-17/h3-12H,13-15H2,1-2H3,(H,19,20)/p-1. The Morgan fingerprint density at radius 3 is 1.82 bits per heavy atom. The molecular formula is C17H22NO2P2-. The van der Waals surface area contributed by atoms with Gasteiger partial charge in [-0.1, -0.05) is 60.7 Å². The first-order valence-electron chi connectivity index (χ1n) is 7.29. The van der Waals surface area contributed by atoms with E-state index >= 15 is 0 Å². The van der Waals surface area contributed by atoms with Crippen LogP contribution >= 0.6 is 15.3 Å². The summed E-state index contributed by atoms with van der Waals surface area (Å²) in [5, 5.41) is 2.46. The van der Waals surface area contributed by atoms with Crippen LogP contribution < -0.4 is 15.5 Å². The van der Waals surface area contributed by atoms with Gasteiger partial charge in [0.15, 0.2) is 0 Å². The lowest BCUT2D eigenvalue weighted by atomic mass is 10.4. The first-order chi connectivity index (χ1) is 10.5. The topological polar surface area (TPSA) is 43.4 Å². The third kappa shape index (κ3) is 5.34. The van der Waals surface area contributed by atoms with Crippen LogP contribution in [0.2, 0.25) is 0 Å². The monoisotopic (exact) mass is 334 g/mol. The molecule has 0 aliphatic carbocycles. The number of hydrogen-bond acceptors (Lipinski definition) is 3. The number of hydrogen-bond donors (Lipinski definition) is 0. The molecule has 0 aromatic heterocycles. The number of rotatable bonds is 7. The van der Waals surface area contributed by atoms with E-state index in [0.29, 0.717) is 6.16 Å². The van der Waals surface area contributed by atoms with Crippen molar-refractivity contribution in [2.45, 2.75) is 0 Å². The van der Waals surface area contributed by atoms with Gasteiger partial charge in [0, 0.05) is 13.7 Å². The van der Waals surface area contributed by atoms with Crippen LogP contribution in [0.15, 0.2) is 60.7 Å². The zero-order valence-corrected chi connectivity index (χ0v) is 14.8. The summed E-state index contributed by atoms with van der Waals surface area (Å²) in [5.41, 5.74) is 0. The lowest BCUT2D eigenvalue weighted by Crippen LogP contribution is -2.23. The normalized spacial score (nSPS) is 14.2. The zero-order valence-electron chi connectivity index (χ0n) is 13.1. The molecule has 0 spiro atoms. The Hall–Kier alpha value is -0.980. The van der Waals surface area contributed by atoms with Crippen LogP contribution in [0.25, 0.3) is 0 Å². The van der Waals surface area contributed by atoms with Gasteiger partial charge in [-0.2, -0.15) is 0 Å². The highest BCUT2D eigenvalue weighted by Crippen LogP contribution is 2.42. The van der Waals surface area contributed by atoms with E-state index in [-0.39, 0.29) is 12.4 Å². The van der Waals surface area contributed by atoms with Gasteiger partial charge in [-0.15, -0.1) is 0 Å². The second-order valence-corrected chi connectivity index (χ2v) is 10.3. The second kappa shape index (κ2) is 8.04. The van der Waals surface area contributed by atoms with E-state index in [2.05, 4.69) is 24.3 Å². The van der Waals surface area contributed by atoms with Crippen molar-refractivity contribution in [2.24, 2.45) is 0 Å². The van der Waals surface area contributed by atoms with Crippen molar-refractivity contribution < 1.29 is 9.46 Å². The minimum atomic E-state index is -3.35. The van der Waals surface area contributed by atoms with E-state index in [0.717, 1.165) is 0 Å². The molecule has 0 saturated heterocycles. The van der Waals surface area contributed by atoms with Gasteiger partial charge in [-0.25, -0.2) is 0 Å². The molecule has 0 aliphatic heterocycles. The molecule has 1 atom stereocenters. The van der Waals surface area contributed by atoms with Crippen molar-refractivity contribution in [1.82, 2.24) is 4.90 Å². The highest BCUT2D eigenvalue weighted by Gasteiger charge is 2.17. The van der Waals surface area contributed by atoms with Crippen molar-refractivity contribution in [1.29, 1.82) is 0 Å². The first kappa shape index (κ1) is 17.4. The summed E-state index contributed by atoms with van der Waals surface area (Å²) in [5.74, 6) is 0. The van der Waals surface area contributed by atoms with Crippen molar-refractivity contribution >= 4 is 25.9 Å². The molecule has 0 saturated carbocycles. The Bertz CT molecular complexity index is 578. The minimum absolute atomic E-state index is 0.139. The maximum atomic E-state index is 12.2. The van der Waals surface area contributed by atoms with Gasteiger partial charge >= 0.3 is 0 Å². The van der Waals surface area contributed by atoms with Crippen LogP contribution in [0.3, 0.4) is 0 Å². The van der Waals surface area contributed by atoms with Gasteiger partial charge in [-0.3, -0.25) is 0 Å². The third-order valence-electron chi connectivity index (χ3n) is 3.30. The average molecular weight is 334 g/mol. The van der Waals surface area contributed by atoms with E-state index in [1.807, 2.05) is 36.4 Å². The third-order valence-corrected chi connectivity index (χ3v) is 8.07. The van der Waals surface area contributed by atoms with Crippen LogP contribution in [0.5, 0.6) is 0 Å². The predicted molar refractivity (Wildman–Crippen MR) is 95.0 cm³/mol. The fraction of sp³-hybridized carbons (Fsp3) is 0.294. The molecule has 22 heavy (non-hydrogen) atoms. The Kier molecular flexibility index (Phi) is 6.35. The van der Waals surface area contributed by atoms with E-state index < -0.39 is 15.3 Å². The van der Waals surface area contributed by atoms with Crippen LogP contribution in [-0.4, -0.2) is 37.6 Å².